The fraction of sp³-hybridized carbons (Fsp3) is 0.459. The number of halogens is 4. The lowest BCUT2D eigenvalue weighted by Crippen LogP contribution is -2.25. The van der Waals surface area contributed by atoms with Crippen molar-refractivity contribution < 1.29 is 17.6 Å². The molecule has 0 aliphatic heterocycles. The number of hydrogen-bond donors (Lipinski definition) is 0. The highest BCUT2D eigenvalue weighted by Gasteiger charge is 2.32. The molecule has 0 bridgehead atoms. The maximum absolute atomic E-state index is 15.4. The van der Waals surface area contributed by atoms with Gasteiger partial charge in [0.1, 0.15) is 0 Å². The predicted octanol–water partition coefficient (Wildman–Crippen LogP) is 11.6. The van der Waals surface area contributed by atoms with Crippen molar-refractivity contribution in [3.8, 4) is 22.3 Å². The Morgan fingerprint density at radius 1 is 0.634 bits per heavy atom. The predicted molar refractivity (Wildman–Crippen MR) is 161 cm³/mol. The highest BCUT2D eigenvalue weighted by molar-refractivity contribution is 5.71. The summed E-state index contributed by atoms with van der Waals surface area (Å²) in [4.78, 5) is 0. The van der Waals surface area contributed by atoms with Crippen molar-refractivity contribution in [2.75, 3.05) is 0 Å². The minimum Gasteiger partial charge on any atom is -0.203 e. The Hall–Kier alpha value is -2.88. The molecule has 0 amide bonds. The average molecular weight is 563 g/mol. The maximum Gasteiger partial charge on any atom is 0.166 e. The van der Waals surface area contributed by atoms with Crippen molar-refractivity contribution in [2.24, 2.45) is 17.8 Å². The van der Waals surface area contributed by atoms with E-state index in [0.29, 0.717) is 34.6 Å². The van der Waals surface area contributed by atoms with E-state index in [1.54, 1.807) is 48.5 Å². The van der Waals surface area contributed by atoms with E-state index >= 15 is 8.78 Å². The molecule has 5 rings (SSSR count). The second kappa shape index (κ2) is 13.4. The van der Waals surface area contributed by atoms with Crippen molar-refractivity contribution in [2.45, 2.75) is 90.4 Å². The summed E-state index contributed by atoms with van der Waals surface area (Å²) in [7, 11) is 0. The molecule has 2 fully saturated rings. The second-order valence-corrected chi connectivity index (χ2v) is 12.2. The Morgan fingerprint density at radius 2 is 1.17 bits per heavy atom. The Balaban J connectivity index is 1.25. The zero-order chi connectivity index (χ0) is 28.9. The van der Waals surface area contributed by atoms with Gasteiger partial charge in [0.05, 0.1) is 0 Å². The molecule has 218 valence electrons. The first-order valence-corrected chi connectivity index (χ1v) is 15.6. The third-order valence-corrected chi connectivity index (χ3v) is 9.74. The van der Waals surface area contributed by atoms with Crippen LogP contribution in [0.15, 0.2) is 60.7 Å². The van der Waals surface area contributed by atoms with Gasteiger partial charge < -0.3 is 0 Å². The van der Waals surface area contributed by atoms with Gasteiger partial charge in [-0.2, -0.15) is 0 Å². The molecule has 0 heterocycles. The molecule has 4 heteroatoms. The van der Waals surface area contributed by atoms with Crippen molar-refractivity contribution in [3.05, 3.63) is 95.1 Å². The SMILES string of the molecule is CC=CC1CCC(C2CCC(c3ccc(-c4ccc(-c5ccc(CCCC)c(F)c5F)cc4)c(F)c3F)CC2)CC1. The summed E-state index contributed by atoms with van der Waals surface area (Å²) < 4.78 is 60.2. The largest absolute Gasteiger partial charge is 0.203 e. The van der Waals surface area contributed by atoms with E-state index in [1.807, 2.05) is 6.92 Å². The lowest BCUT2D eigenvalue weighted by molar-refractivity contribution is 0.170. The van der Waals surface area contributed by atoms with Crippen molar-refractivity contribution >= 4 is 0 Å². The molecular formula is C37H42F4. The van der Waals surface area contributed by atoms with E-state index in [9.17, 15) is 8.78 Å². The highest BCUT2D eigenvalue weighted by atomic mass is 19.2. The molecule has 2 aliphatic carbocycles. The van der Waals surface area contributed by atoms with Gasteiger partial charge in [-0.1, -0.05) is 74.0 Å². The van der Waals surface area contributed by atoms with Crippen molar-refractivity contribution in [3.63, 3.8) is 0 Å². The number of aryl methyl sites for hydroxylation is 1. The van der Waals surface area contributed by atoms with Gasteiger partial charge in [0.2, 0.25) is 0 Å². The van der Waals surface area contributed by atoms with Crippen LogP contribution in [0.5, 0.6) is 0 Å². The summed E-state index contributed by atoms with van der Waals surface area (Å²) in [6.45, 7) is 4.10. The monoisotopic (exact) mass is 562 g/mol. The van der Waals surface area contributed by atoms with Crippen LogP contribution in [0.4, 0.5) is 17.6 Å². The maximum atomic E-state index is 15.4. The molecule has 0 atom stereocenters. The van der Waals surface area contributed by atoms with Crippen LogP contribution < -0.4 is 0 Å². The van der Waals surface area contributed by atoms with Crippen LogP contribution >= 0.6 is 0 Å². The van der Waals surface area contributed by atoms with Crippen LogP contribution in [0.25, 0.3) is 22.3 Å². The Labute approximate surface area is 242 Å². The molecular weight excluding hydrogens is 520 g/mol. The van der Waals surface area contributed by atoms with E-state index in [0.717, 1.165) is 50.4 Å². The third-order valence-electron chi connectivity index (χ3n) is 9.74. The molecule has 2 aliphatic rings. The fourth-order valence-corrected chi connectivity index (χ4v) is 7.29. The van der Waals surface area contributed by atoms with E-state index in [2.05, 4.69) is 19.1 Å². The summed E-state index contributed by atoms with van der Waals surface area (Å²) >= 11 is 0. The summed E-state index contributed by atoms with van der Waals surface area (Å²) in [5.74, 6) is -1.02. The van der Waals surface area contributed by atoms with E-state index < -0.39 is 23.3 Å². The molecule has 0 aromatic heterocycles. The summed E-state index contributed by atoms with van der Waals surface area (Å²) in [6.07, 6.45) is 15.8. The number of allylic oxidation sites excluding steroid dienone is 2. The average Bonchev–Trinajstić information content (AvgIpc) is 3.00. The molecule has 3 aromatic carbocycles. The third kappa shape index (κ3) is 6.47. The first kappa shape index (κ1) is 29.6. The fourth-order valence-electron chi connectivity index (χ4n) is 7.29. The zero-order valence-electron chi connectivity index (χ0n) is 24.4. The lowest BCUT2D eigenvalue weighted by Gasteiger charge is -2.37. The van der Waals surface area contributed by atoms with Gasteiger partial charge in [-0.15, -0.1) is 0 Å². The van der Waals surface area contributed by atoms with Crippen molar-refractivity contribution in [1.29, 1.82) is 0 Å². The van der Waals surface area contributed by atoms with Gasteiger partial charge in [-0.3, -0.25) is 0 Å². The molecule has 0 radical (unpaired) electrons. The molecule has 41 heavy (non-hydrogen) atoms. The first-order valence-electron chi connectivity index (χ1n) is 15.6. The summed E-state index contributed by atoms with van der Waals surface area (Å²) in [5.41, 5.74) is 2.22. The molecule has 2 saturated carbocycles. The van der Waals surface area contributed by atoms with Crippen LogP contribution in [0.1, 0.15) is 95.1 Å². The summed E-state index contributed by atoms with van der Waals surface area (Å²) in [6, 6.07) is 13.2. The van der Waals surface area contributed by atoms with Gasteiger partial charge in [-0.25, -0.2) is 17.6 Å². The molecule has 0 N–H and O–H groups in total. The molecule has 0 unspecified atom stereocenters. The number of unbranched alkanes of at least 4 members (excludes halogenated alkanes) is 1. The van der Waals surface area contributed by atoms with Gasteiger partial charge in [0.15, 0.2) is 23.3 Å². The minimum atomic E-state index is -0.871. The number of benzene rings is 3. The van der Waals surface area contributed by atoms with Crippen LogP contribution in [0, 0.1) is 41.0 Å². The normalized spacial score (nSPS) is 23.3. The Bertz CT molecular complexity index is 1340. The van der Waals surface area contributed by atoms with E-state index in [1.165, 1.54) is 25.7 Å². The van der Waals surface area contributed by atoms with Crippen molar-refractivity contribution in [1.82, 2.24) is 0 Å². The Morgan fingerprint density at radius 3 is 1.73 bits per heavy atom. The van der Waals surface area contributed by atoms with Crippen LogP contribution in [0.2, 0.25) is 0 Å². The number of rotatable bonds is 8. The minimum absolute atomic E-state index is 0.0507. The van der Waals surface area contributed by atoms with E-state index in [-0.39, 0.29) is 17.0 Å². The zero-order valence-corrected chi connectivity index (χ0v) is 24.4. The van der Waals surface area contributed by atoms with Crippen LogP contribution in [0.3, 0.4) is 0 Å². The van der Waals surface area contributed by atoms with Gasteiger partial charge in [-0.05, 0) is 117 Å². The molecule has 0 saturated heterocycles. The summed E-state index contributed by atoms with van der Waals surface area (Å²) in [5, 5.41) is 0. The van der Waals surface area contributed by atoms with Gasteiger partial charge in [0.25, 0.3) is 0 Å². The standard InChI is InChI=1S/C37H42F4/c1-3-5-7-30-20-21-31(35(39)34(30)38)28-16-18-29(19-17-28)33-23-22-32(36(40)37(33)41)27-14-12-26(13-15-27)25-10-8-24(6-4-2)9-11-25/h4,6,16-27H,3,5,7-15H2,1-2H3. The second-order valence-electron chi connectivity index (χ2n) is 12.2. The Kier molecular flexibility index (Phi) is 9.68. The number of hydrogen-bond acceptors (Lipinski definition) is 0. The highest BCUT2D eigenvalue weighted by Crippen LogP contribution is 2.45. The molecule has 3 aromatic rings. The van der Waals surface area contributed by atoms with Crippen LogP contribution in [-0.4, -0.2) is 0 Å². The molecule has 0 spiro atoms. The lowest BCUT2D eigenvalue weighted by atomic mass is 9.68. The quantitative estimate of drug-likeness (QED) is 0.189. The van der Waals surface area contributed by atoms with Crippen LogP contribution in [-0.2, 0) is 6.42 Å². The topological polar surface area (TPSA) is 0 Å². The first-order chi connectivity index (χ1) is 19.9. The van der Waals surface area contributed by atoms with Gasteiger partial charge in [0, 0.05) is 11.1 Å². The van der Waals surface area contributed by atoms with Gasteiger partial charge >= 0.3 is 0 Å². The van der Waals surface area contributed by atoms with E-state index in [4.69, 9.17) is 0 Å². The molecule has 0 nitrogen and oxygen atoms in total. The smallest absolute Gasteiger partial charge is 0.166 e.